The molecular formula is C18H18BrNO. The number of hydrogen-bond acceptors (Lipinski definition) is 2. The van der Waals surface area contributed by atoms with Gasteiger partial charge in [-0.25, -0.2) is 0 Å². The summed E-state index contributed by atoms with van der Waals surface area (Å²) in [4.78, 5) is 2.07. The highest BCUT2D eigenvalue weighted by Crippen LogP contribution is 2.21. The van der Waals surface area contributed by atoms with Crippen molar-refractivity contribution in [1.82, 2.24) is 0 Å². The highest BCUT2D eigenvalue weighted by atomic mass is 79.9. The third-order valence-corrected chi connectivity index (χ3v) is 3.79. The number of halogens is 1. The average Bonchev–Trinajstić information content (AvgIpc) is 2.53. The highest BCUT2D eigenvalue weighted by molar-refractivity contribution is 9.08. The molecule has 2 aromatic carbocycles. The van der Waals surface area contributed by atoms with Crippen LogP contribution in [-0.4, -0.2) is 21.2 Å². The van der Waals surface area contributed by atoms with Crippen LogP contribution in [0.15, 0.2) is 42.5 Å². The molecule has 21 heavy (non-hydrogen) atoms. The number of benzene rings is 2. The summed E-state index contributed by atoms with van der Waals surface area (Å²) in [5.41, 5.74) is 4.23. The van der Waals surface area contributed by atoms with E-state index < -0.39 is 0 Å². The number of ether oxygens (including phenoxy) is 1. The SMILES string of the molecule is COc1cc(CBr)ccc1C#Cc1ccc(N(C)C)cc1. The minimum atomic E-state index is 0.809. The van der Waals surface area contributed by atoms with Gasteiger partial charge in [0.2, 0.25) is 0 Å². The zero-order valence-electron chi connectivity index (χ0n) is 12.5. The molecule has 0 radical (unpaired) electrons. The lowest BCUT2D eigenvalue weighted by molar-refractivity contribution is 0.413. The Kier molecular flexibility index (Phi) is 5.30. The number of alkyl halides is 1. The van der Waals surface area contributed by atoms with E-state index in [0.29, 0.717) is 0 Å². The van der Waals surface area contributed by atoms with Crippen molar-refractivity contribution in [3.8, 4) is 17.6 Å². The molecule has 0 unspecified atom stereocenters. The van der Waals surface area contributed by atoms with E-state index in [0.717, 1.165) is 22.2 Å². The molecule has 0 aromatic heterocycles. The highest BCUT2D eigenvalue weighted by Gasteiger charge is 2.01. The van der Waals surface area contributed by atoms with Crippen molar-refractivity contribution < 1.29 is 4.74 Å². The van der Waals surface area contributed by atoms with Gasteiger partial charge in [0.1, 0.15) is 5.75 Å². The number of methoxy groups -OCH3 is 1. The second-order valence-corrected chi connectivity index (χ2v) is 5.42. The lowest BCUT2D eigenvalue weighted by Crippen LogP contribution is -2.07. The third-order valence-electron chi connectivity index (χ3n) is 3.15. The zero-order valence-corrected chi connectivity index (χ0v) is 14.1. The normalized spacial score (nSPS) is 9.71. The van der Waals surface area contributed by atoms with Gasteiger partial charge in [0, 0.05) is 30.7 Å². The number of anilines is 1. The van der Waals surface area contributed by atoms with Gasteiger partial charge in [0.15, 0.2) is 0 Å². The second kappa shape index (κ2) is 7.19. The topological polar surface area (TPSA) is 12.5 Å². The van der Waals surface area contributed by atoms with Gasteiger partial charge < -0.3 is 9.64 Å². The first-order valence-corrected chi connectivity index (χ1v) is 7.78. The smallest absolute Gasteiger partial charge is 0.134 e. The first-order chi connectivity index (χ1) is 10.1. The van der Waals surface area contributed by atoms with E-state index in [1.165, 1.54) is 11.3 Å². The van der Waals surface area contributed by atoms with Gasteiger partial charge in [-0.15, -0.1) is 0 Å². The molecule has 0 saturated carbocycles. The molecule has 0 aliphatic carbocycles. The third kappa shape index (κ3) is 4.03. The number of hydrogen-bond donors (Lipinski definition) is 0. The molecule has 0 spiro atoms. The Hall–Kier alpha value is -1.92. The quantitative estimate of drug-likeness (QED) is 0.615. The summed E-state index contributed by atoms with van der Waals surface area (Å²) in [6, 6.07) is 14.2. The van der Waals surface area contributed by atoms with Crippen LogP contribution in [0, 0.1) is 11.8 Å². The van der Waals surface area contributed by atoms with Crippen molar-refractivity contribution in [2.75, 3.05) is 26.1 Å². The Morgan fingerprint density at radius 3 is 2.33 bits per heavy atom. The number of rotatable bonds is 3. The van der Waals surface area contributed by atoms with Crippen molar-refractivity contribution >= 4 is 21.6 Å². The second-order valence-electron chi connectivity index (χ2n) is 4.86. The van der Waals surface area contributed by atoms with Crippen LogP contribution in [0.1, 0.15) is 16.7 Å². The molecule has 0 heterocycles. The van der Waals surface area contributed by atoms with Gasteiger partial charge in [0.05, 0.1) is 12.7 Å². The van der Waals surface area contributed by atoms with E-state index in [9.17, 15) is 0 Å². The van der Waals surface area contributed by atoms with Crippen molar-refractivity contribution in [3.63, 3.8) is 0 Å². The summed E-state index contributed by atoms with van der Waals surface area (Å²) in [5.74, 6) is 7.17. The molecule has 0 aliphatic heterocycles. The predicted octanol–water partition coefficient (Wildman–Crippen LogP) is 4.06. The maximum Gasteiger partial charge on any atom is 0.134 e. The van der Waals surface area contributed by atoms with Crippen LogP contribution in [0.2, 0.25) is 0 Å². The molecule has 0 saturated heterocycles. The molecule has 0 bridgehead atoms. The standard InChI is InChI=1S/C18H18BrNO/c1-20(2)17-10-6-14(7-11-17)4-8-16-9-5-15(13-19)12-18(16)21-3/h5-7,9-12H,13H2,1-3H3. The fourth-order valence-corrected chi connectivity index (χ4v) is 2.25. The summed E-state index contributed by atoms with van der Waals surface area (Å²) in [5, 5.41) is 0.809. The maximum absolute atomic E-state index is 5.40. The summed E-state index contributed by atoms with van der Waals surface area (Å²) in [6.07, 6.45) is 0. The van der Waals surface area contributed by atoms with E-state index >= 15 is 0 Å². The molecule has 108 valence electrons. The van der Waals surface area contributed by atoms with E-state index in [4.69, 9.17) is 4.74 Å². The van der Waals surface area contributed by atoms with Crippen molar-refractivity contribution in [1.29, 1.82) is 0 Å². The van der Waals surface area contributed by atoms with Crippen LogP contribution in [-0.2, 0) is 5.33 Å². The summed E-state index contributed by atoms with van der Waals surface area (Å²) in [7, 11) is 5.72. The summed E-state index contributed by atoms with van der Waals surface area (Å²) >= 11 is 3.44. The Bertz CT molecular complexity index is 666. The lowest BCUT2D eigenvalue weighted by atomic mass is 10.1. The van der Waals surface area contributed by atoms with Gasteiger partial charge in [-0.2, -0.15) is 0 Å². The maximum atomic E-state index is 5.40. The van der Waals surface area contributed by atoms with E-state index in [-0.39, 0.29) is 0 Å². The molecular weight excluding hydrogens is 326 g/mol. The lowest BCUT2D eigenvalue weighted by Gasteiger charge is -2.11. The van der Waals surface area contributed by atoms with Crippen LogP contribution in [0.4, 0.5) is 5.69 Å². The summed E-state index contributed by atoms with van der Waals surface area (Å²) in [6.45, 7) is 0. The number of nitrogens with zero attached hydrogens (tertiary/aromatic N) is 1. The van der Waals surface area contributed by atoms with Gasteiger partial charge in [-0.05, 0) is 42.0 Å². The van der Waals surface area contributed by atoms with Crippen molar-refractivity contribution in [2.24, 2.45) is 0 Å². The monoisotopic (exact) mass is 343 g/mol. The predicted molar refractivity (Wildman–Crippen MR) is 92.4 cm³/mol. The van der Waals surface area contributed by atoms with Crippen LogP contribution in [0.3, 0.4) is 0 Å². The molecule has 0 fully saturated rings. The molecule has 3 heteroatoms. The minimum Gasteiger partial charge on any atom is -0.495 e. The van der Waals surface area contributed by atoms with Gasteiger partial charge in [-0.1, -0.05) is 33.8 Å². The van der Waals surface area contributed by atoms with Gasteiger partial charge in [-0.3, -0.25) is 0 Å². The zero-order chi connectivity index (χ0) is 15.2. The van der Waals surface area contributed by atoms with Gasteiger partial charge in [0.25, 0.3) is 0 Å². The molecule has 2 rings (SSSR count). The fraction of sp³-hybridized carbons (Fsp3) is 0.222. The molecule has 0 N–H and O–H groups in total. The van der Waals surface area contributed by atoms with Crippen LogP contribution >= 0.6 is 15.9 Å². The minimum absolute atomic E-state index is 0.809. The van der Waals surface area contributed by atoms with E-state index in [2.05, 4.69) is 50.9 Å². The van der Waals surface area contributed by atoms with Crippen LogP contribution < -0.4 is 9.64 Å². The largest absolute Gasteiger partial charge is 0.495 e. The molecule has 2 aromatic rings. The molecule has 0 amide bonds. The Morgan fingerprint density at radius 1 is 1.05 bits per heavy atom. The van der Waals surface area contributed by atoms with Gasteiger partial charge >= 0.3 is 0 Å². The van der Waals surface area contributed by atoms with E-state index in [1.54, 1.807) is 7.11 Å². The Labute approximate surface area is 134 Å². The molecule has 2 nitrogen and oxygen atoms in total. The first kappa shape index (κ1) is 15.5. The summed E-state index contributed by atoms with van der Waals surface area (Å²) < 4.78 is 5.40. The van der Waals surface area contributed by atoms with Crippen molar-refractivity contribution in [2.45, 2.75) is 5.33 Å². The molecule has 0 atom stereocenters. The van der Waals surface area contributed by atoms with Crippen LogP contribution in [0.5, 0.6) is 5.75 Å². The Balaban J connectivity index is 2.26. The average molecular weight is 344 g/mol. The fourth-order valence-electron chi connectivity index (χ4n) is 1.90. The van der Waals surface area contributed by atoms with E-state index in [1.807, 2.05) is 38.4 Å². The van der Waals surface area contributed by atoms with Crippen LogP contribution in [0.25, 0.3) is 0 Å². The Morgan fingerprint density at radius 2 is 1.76 bits per heavy atom. The molecule has 0 aliphatic rings. The van der Waals surface area contributed by atoms with Crippen molar-refractivity contribution in [3.05, 3.63) is 59.2 Å². The first-order valence-electron chi connectivity index (χ1n) is 6.66.